The maximum absolute atomic E-state index is 13.7. The summed E-state index contributed by atoms with van der Waals surface area (Å²) in [7, 11) is 2.74. The lowest BCUT2D eigenvalue weighted by Crippen LogP contribution is -2.67. The fourth-order valence-electron chi connectivity index (χ4n) is 4.84. The van der Waals surface area contributed by atoms with E-state index in [4.69, 9.17) is 55.9 Å². The minimum Gasteiger partial charge on any atom is -0.497 e. The van der Waals surface area contributed by atoms with Crippen molar-refractivity contribution in [1.82, 2.24) is 4.90 Å². The second-order valence-electron chi connectivity index (χ2n) is 8.74. The summed E-state index contributed by atoms with van der Waals surface area (Å²) in [5.74, 6) is -2.24. The minimum atomic E-state index is -4.69. The number of nitrogens with zero attached hydrogens (tertiary/aromatic N) is 2. The number of carbonyl (C=O) groups is 3. The van der Waals surface area contributed by atoms with Gasteiger partial charge >= 0.3 is 6.18 Å². The maximum Gasteiger partial charge on any atom is 0.416 e. The molecule has 14 heteroatoms. The van der Waals surface area contributed by atoms with Crippen LogP contribution < -0.4 is 14.4 Å². The van der Waals surface area contributed by atoms with Gasteiger partial charge in [0.05, 0.1) is 57.0 Å². The van der Waals surface area contributed by atoms with Gasteiger partial charge in [0, 0.05) is 11.3 Å². The van der Waals surface area contributed by atoms with Gasteiger partial charge in [0.2, 0.25) is 0 Å². The average molecular weight is 634 g/mol. The van der Waals surface area contributed by atoms with Crippen LogP contribution in [0.25, 0.3) is 0 Å². The molecule has 3 aromatic carbocycles. The molecule has 0 spiro atoms. The molecule has 3 aromatic rings. The van der Waals surface area contributed by atoms with Crippen LogP contribution in [0.2, 0.25) is 20.1 Å². The summed E-state index contributed by atoms with van der Waals surface area (Å²) < 4.78 is 51.3. The number of halogens is 7. The molecule has 40 heavy (non-hydrogen) atoms. The summed E-state index contributed by atoms with van der Waals surface area (Å²) in [6.45, 7) is 0. The average Bonchev–Trinajstić information content (AvgIpc) is 3.18. The van der Waals surface area contributed by atoms with Crippen molar-refractivity contribution >= 4 is 69.8 Å². The SMILES string of the molecule is COc1ccc(OC)c([C@H]2[C@@H](N3C(=O)c4c(Cl)c(Cl)c(Cl)c(Cl)c4C3=O)C(=O)N2c2cccc(C(F)(F)F)c2)c1. The van der Waals surface area contributed by atoms with Gasteiger partial charge in [-0.3, -0.25) is 19.3 Å². The monoisotopic (exact) mass is 632 g/mol. The smallest absolute Gasteiger partial charge is 0.416 e. The number of fused-ring (bicyclic) bond motifs is 1. The summed E-state index contributed by atoms with van der Waals surface area (Å²) in [5.41, 5.74) is -1.54. The van der Waals surface area contributed by atoms with Crippen LogP contribution in [0.15, 0.2) is 42.5 Å². The lowest BCUT2D eigenvalue weighted by atomic mass is 9.85. The van der Waals surface area contributed by atoms with Crippen molar-refractivity contribution in [2.24, 2.45) is 0 Å². The number of amides is 3. The highest BCUT2D eigenvalue weighted by Gasteiger charge is 2.59. The van der Waals surface area contributed by atoms with E-state index in [9.17, 15) is 27.6 Å². The van der Waals surface area contributed by atoms with Crippen molar-refractivity contribution in [3.05, 3.63) is 84.8 Å². The third-order valence-corrected chi connectivity index (χ3v) is 8.49. The molecule has 0 N–H and O–H groups in total. The number of β-lactam (4-membered cyclic amide) rings is 1. The molecular weight excluding hydrogens is 619 g/mol. The van der Waals surface area contributed by atoms with Gasteiger partial charge in [-0.1, -0.05) is 52.5 Å². The standard InChI is InChI=1S/C26H15Cl4F3N2O5/c1-39-12-6-7-14(40-2)13(9-12)21-22(25(38)34(21)11-5-3-4-10(8-11)26(31,32)33)35-23(36)15-16(24(35)37)18(28)20(30)19(29)17(15)27/h3-9,21-22H,1-2H3/t21-,22+/m0/s1. The predicted molar refractivity (Wildman–Crippen MR) is 142 cm³/mol. The second-order valence-corrected chi connectivity index (χ2v) is 10.3. The Bertz CT molecular complexity index is 1570. The molecule has 0 bridgehead atoms. The van der Waals surface area contributed by atoms with Gasteiger partial charge in [-0.2, -0.15) is 13.2 Å². The zero-order valence-corrected chi connectivity index (χ0v) is 23.3. The van der Waals surface area contributed by atoms with E-state index in [2.05, 4.69) is 0 Å². The van der Waals surface area contributed by atoms with Crippen LogP contribution in [0.3, 0.4) is 0 Å². The Morgan fingerprint density at radius 2 is 1.35 bits per heavy atom. The van der Waals surface area contributed by atoms with Gasteiger partial charge in [-0.05, 0) is 36.4 Å². The minimum absolute atomic E-state index is 0.121. The number of benzene rings is 3. The topological polar surface area (TPSA) is 76.1 Å². The Balaban J connectivity index is 1.69. The van der Waals surface area contributed by atoms with Crippen molar-refractivity contribution in [2.75, 3.05) is 19.1 Å². The number of imide groups is 1. The molecule has 7 nitrogen and oxygen atoms in total. The predicted octanol–water partition coefficient (Wildman–Crippen LogP) is 7.09. The van der Waals surface area contributed by atoms with Crippen LogP contribution in [-0.2, 0) is 11.0 Å². The quantitative estimate of drug-likeness (QED) is 0.130. The molecular formula is C26H15Cl4F3N2O5. The summed E-state index contributed by atoms with van der Waals surface area (Å²) in [4.78, 5) is 42.6. The van der Waals surface area contributed by atoms with E-state index < -0.39 is 41.5 Å². The Labute approximate surface area is 244 Å². The summed E-state index contributed by atoms with van der Waals surface area (Å²) in [6.07, 6.45) is -4.69. The van der Waals surface area contributed by atoms with E-state index in [1.807, 2.05) is 0 Å². The molecule has 0 aliphatic carbocycles. The zero-order valence-electron chi connectivity index (χ0n) is 20.3. The Hall–Kier alpha value is -3.18. The van der Waals surface area contributed by atoms with Gasteiger partial charge in [0.1, 0.15) is 17.5 Å². The largest absolute Gasteiger partial charge is 0.497 e. The molecule has 2 aliphatic rings. The fourth-order valence-corrected chi connectivity index (χ4v) is 5.86. The van der Waals surface area contributed by atoms with Crippen molar-refractivity contribution in [2.45, 2.75) is 18.3 Å². The molecule has 3 amide bonds. The number of alkyl halides is 3. The molecule has 0 unspecified atom stereocenters. The molecule has 0 radical (unpaired) electrons. The fraction of sp³-hybridized carbons (Fsp3) is 0.192. The van der Waals surface area contributed by atoms with Crippen LogP contribution in [0.5, 0.6) is 11.5 Å². The third-order valence-electron chi connectivity index (χ3n) is 6.69. The number of methoxy groups -OCH3 is 2. The van der Waals surface area contributed by atoms with E-state index in [-0.39, 0.29) is 48.2 Å². The number of anilines is 1. The van der Waals surface area contributed by atoms with Gasteiger partial charge < -0.3 is 14.4 Å². The Kier molecular flexibility index (Phi) is 7.11. The molecule has 0 aromatic heterocycles. The summed E-state index contributed by atoms with van der Waals surface area (Å²) in [5, 5.41) is -1.17. The van der Waals surface area contributed by atoms with Crippen molar-refractivity contribution < 1.29 is 37.0 Å². The van der Waals surface area contributed by atoms with Crippen LogP contribution in [0.4, 0.5) is 18.9 Å². The van der Waals surface area contributed by atoms with Crippen molar-refractivity contribution in [1.29, 1.82) is 0 Å². The van der Waals surface area contributed by atoms with Gasteiger partial charge in [0.25, 0.3) is 17.7 Å². The second kappa shape index (κ2) is 10.0. The molecule has 2 atom stereocenters. The number of rotatable bonds is 5. The highest BCUT2D eigenvalue weighted by molar-refractivity contribution is 6.55. The molecule has 1 saturated heterocycles. The van der Waals surface area contributed by atoms with E-state index in [0.717, 1.165) is 23.1 Å². The summed E-state index contributed by atoms with van der Waals surface area (Å²) >= 11 is 24.7. The highest BCUT2D eigenvalue weighted by atomic mass is 35.5. The number of ether oxygens (including phenoxy) is 2. The molecule has 5 rings (SSSR count). The van der Waals surface area contributed by atoms with E-state index in [1.165, 1.54) is 32.4 Å². The first-order valence-corrected chi connectivity index (χ1v) is 12.8. The molecule has 2 aliphatic heterocycles. The number of carbonyl (C=O) groups excluding carboxylic acids is 3. The first-order chi connectivity index (χ1) is 18.8. The van der Waals surface area contributed by atoms with E-state index in [0.29, 0.717) is 10.6 Å². The first-order valence-electron chi connectivity index (χ1n) is 11.3. The highest BCUT2D eigenvalue weighted by Crippen LogP contribution is 2.51. The van der Waals surface area contributed by atoms with Crippen LogP contribution in [-0.4, -0.2) is 42.9 Å². The van der Waals surface area contributed by atoms with Gasteiger partial charge in [-0.25, -0.2) is 0 Å². The normalized spacial score (nSPS) is 18.7. The molecule has 2 heterocycles. The molecule has 1 fully saturated rings. The van der Waals surface area contributed by atoms with Gasteiger partial charge in [0.15, 0.2) is 0 Å². The summed E-state index contributed by atoms with van der Waals surface area (Å²) in [6, 6.07) is 5.97. The van der Waals surface area contributed by atoms with Crippen LogP contribution >= 0.6 is 46.4 Å². The molecule has 208 valence electrons. The van der Waals surface area contributed by atoms with Crippen molar-refractivity contribution in [3.63, 3.8) is 0 Å². The van der Waals surface area contributed by atoms with Crippen molar-refractivity contribution in [3.8, 4) is 11.5 Å². The van der Waals surface area contributed by atoms with E-state index in [1.54, 1.807) is 6.07 Å². The van der Waals surface area contributed by atoms with Crippen LogP contribution in [0, 0.1) is 0 Å². The van der Waals surface area contributed by atoms with E-state index >= 15 is 0 Å². The van der Waals surface area contributed by atoms with Crippen LogP contribution in [0.1, 0.15) is 37.9 Å². The number of hydrogen-bond acceptors (Lipinski definition) is 5. The maximum atomic E-state index is 13.7. The lowest BCUT2D eigenvalue weighted by molar-refractivity contribution is -0.137. The zero-order chi connectivity index (χ0) is 29.3. The lowest BCUT2D eigenvalue weighted by Gasteiger charge is -2.50. The number of hydrogen-bond donors (Lipinski definition) is 0. The Morgan fingerprint density at radius 3 is 1.88 bits per heavy atom. The third kappa shape index (κ3) is 4.16. The Morgan fingerprint density at radius 1 is 0.750 bits per heavy atom. The van der Waals surface area contributed by atoms with Gasteiger partial charge in [-0.15, -0.1) is 0 Å². The molecule has 0 saturated carbocycles. The first kappa shape index (κ1) is 28.4.